The number of rotatable bonds is 2. The Morgan fingerprint density at radius 2 is 2.50 bits per heavy atom. The van der Waals surface area contributed by atoms with E-state index in [-0.39, 0.29) is 0 Å². The zero-order valence-corrected chi connectivity index (χ0v) is 7.10. The van der Waals surface area contributed by atoms with Crippen molar-refractivity contribution in [3.05, 3.63) is 0 Å². The minimum Gasteiger partial charge on any atom is -0.365 e. The molecule has 3 nitrogen and oxygen atoms in total. The first-order chi connectivity index (χ1) is 3.81. The molecule has 0 saturated carbocycles. The van der Waals surface area contributed by atoms with E-state index in [1.54, 1.807) is 7.11 Å². The maximum atomic E-state index is 4.72. The number of nitrogens with zero attached hydrogens (tertiary/aromatic N) is 1. The highest BCUT2D eigenvalue weighted by atomic mass is 127. The van der Waals surface area contributed by atoms with Crippen LogP contribution in [0.3, 0.4) is 0 Å². The highest BCUT2D eigenvalue weighted by molar-refractivity contribution is 14.1. The first-order valence-electron chi connectivity index (χ1n) is 2.19. The average molecular weight is 228 g/mol. The Kier molecular flexibility index (Phi) is 5.41. The summed E-state index contributed by atoms with van der Waals surface area (Å²) in [6.45, 7) is 2.41. The summed E-state index contributed by atoms with van der Waals surface area (Å²) < 4.78 is 8.54. The Hall–Kier alpha value is 0.160. The Morgan fingerprint density at radius 3 is 2.88 bits per heavy atom. The summed E-state index contributed by atoms with van der Waals surface area (Å²) in [7, 11) is 1.63. The van der Waals surface area contributed by atoms with Crippen molar-refractivity contribution in [2.75, 3.05) is 13.8 Å². The van der Waals surface area contributed by atoms with E-state index in [1.807, 2.05) is 29.8 Å². The van der Waals surface area contributed by atoms with Gasteiger partial charge in [-0.25, -0.2) is 3.21 Å². The molecule has 0 aliphatic heterocycles. The average Bonchev–Trinajstić information content (AvgIpc) is 1.83. The fourth-order valence-corrected chi connectivity index (χ4v) is 0.377. The third-order valence-corrected chi connectivity index (χ3v) is 1.32. The Labute approximate surface area is 63.0 Å². The van der Waals surface area contributed by atoms with Crippen LogP contribution in [0.25, 0.3) is 0 Å². The van der Waals surface area contributed by atoms with Gasteiger partial charge < -0.3 is 10.1 Å². The predicted octanol–water partition coefficient (Wildman–Crippen LogP) is 0.948. The van der Waals surface area contributed by atoms with E-state index in [1.165, 1.54) is 0 Å². The molecular formula is C4H9IN2O. The summed E-state index contributed by atoms with van der Waals surface area (Å²) in [5.41, 5.74) is 0. The van der Waals surface area contributed by atoms with Crippen molar-refractivity contribution in [2.45, 2.75) is 6.92 Å². The van der Waals surface area contributed by atoms with Crippen LogP contribution in [0.5, 0.6) is 0 Å². The summed E-state index contributed by atoms with van der Waals surface area (Å²) >= 11 is 1.92. The second kappa shape index (κ2) is 5.30. The van der Waals surface area contributed by atoms with E-state index in [9.17, 15) is 0 Å². The quantitative estimate of drug-likeness (QED) is 0.330. The van der Waals surface area contributed by atoms with Crippen LogP contribution in [0.2, 0.25) is 0 Å². The van der Waals surface area contributed by atoms with Crippen LogP contribution in [0.4, 0.5) is 0 Å². The number of amidine groups is 1. The molecule has 0 aromatic rings. The van der Waals surface area contributed by atoms with Crippen LogP contribution in [0.1, 0.15) is 6.92 Å². The number of ether oxygens (including phenoxy) is 1. The van der Waals surface area contributed by atoms with E-state index in [0.717, 1.165) is 5.84 Å². The zero-order chi connectivity index (χ0) is 6.41. The van der Waals surface area contributed by atoms with E-state index in [2.05, 4.69) is 8.52 Å². The standard InChI is InChI=1S/C4H9IN2O/c1-4(7-5)6-3-8-2/h3H2,1-2H3,(H,6,7). The predicted molar refractivity (Wildman–Crippen MR) is 42.1 cm³/mol. The van der Waals surface area contributed by atoms with Crippen molar-refractivity contribution >= 4 is 28.7 Å². The number of nitrogens with one attached hydrogen (secondary N) is 1. The molecule has 0 aromatic carbocycles. The monoisotopic (exact) mass is 228 g/mol. The molecule has 4 heteroatoms. The van der Waals surface area contributed by atoms with Crippen molar-refractivity contribution < 1.29 is 4.74 Å². The van der Waals surface area contributed by atoms with Crippen LogP contribution in [0.15, 0.2) is 3.21 Å². The van der Waals surface area contributed by atoms with Gasteiger partial charge in [-0.15, -0.1) is 0 Å². The van der Waals surface area contributed by atoms with Gasteiger partial charge in [0.1, 0.15) is 12.6 Å². The lowest BCUT2D eigenvalue weighted by Gasteiger charge is -1.99. The van der Waals surface area contributed by atoms with Gasteiger partial charge in [-0.05, 0) is 6.92 Å². The Balaban J connectivity index is 3.12. The molecule has 0 unspecified atom stereocenters. The second-order valence-corrected chi connectivity index (χ2v) is 1.76. The Morgan fingerprint density at radius 1 is 1.88 bits per heavy atom. The molecule has 0 radical (unpaired) electrons. The van der Waals surface area contributed by atoms with E-state index < -0.39 is 0 Å². The normalized spacial score (nSPS) is 11.6. The highest BCUT2D eigenvalue weighted by Crippen LogP contribution is 1.81. The van der Waals surface area contributed by atoms with Crippen molar-refractivity contribution in [1.82, 2.24) is 5.32 Å². The molecule has 0 amide bonds. The maximum Gasteiger partial charge on any atom is 0.116 e. The lowest BCUT2D eigenvalue weighted by molar-refractivity contribution is 0.192. The van der Waals surface area contributed by atoms with E-state index in [0.29, 0.717) is 6.73 Å². The van der Waals surface area contributed by atoms with Gasteiger partial charge in [-0.3, -0.25) is 0 Å². The van der Waals surface area contributed by atoms with Gasteiger partial charge in [0.2, 0.25) is 0 Å². The maximum absolute atomic E-state index is 4.72. The topological polar surface area (TPSA) is 33.6 Å². The first-order valence-corrected chi connectivity index (χ1v) is 3.16. The highest BCUT2D eigenvalue weighted by Gasteiger charge is 1.82. The molecule has 0 fully saturated rings. The summed E-state index contributed by atoms with van der Waals surface area (Å²) in [6, 6.07) is 0. The molecule has 0 heterocycles. The largest absolute Gasteiger partial charge is 0.365 e. The molecule has 48 valence electrons. The number of hydrogen-bond acceptors (Lipinski definition) is 2. The molecule has 0 bridgehead atoms. The van der Waals surface area contributed by atoms with Gasteiger partial charge in [0.25, 0.3) is 0 Å². The number of halogens is 1. The molecule has 0 aromatic heterocycles. The SMILES string of the molecule is COCN/C(C)=N/I. The fraction of sp³-hybridized carbons (Fsp3) is 0.750. The fourth-order valence-electron chi connectivity index (χ4n) is 0.206. The summed E-state index contributed by atoms with van der Waals surface area (Å²) in [5.74, 6) is 0.882. The van der Waals surface area contributed by atoms with Crippen LogP contribution in [0, 0.1) is 0 Å². The molecule has 0 aliphatic carbocycles. The minimum atomic E-state index is 0.526. The first kappa shape index (κ1) is 8.16. The zero-order valence-electron chi connectivity index (χ0n) is 4.94. The van der Waals surface area contributed by atoms with Crippen LogP contribution in [-0.4, -0.2) is 19.7 Å². The van der Waals surface area contributed by atoms with Gasteiger partial charge >= 0.3 is 0 Å². The van der Waals surface area contributed by atoms with Crippen molar-refractivity contribution in [3.8, 4) is 0 Å². The third kappa shape index (κ3) is 4.32. The molecule has 0 spiro atoms. The second-order valence-electron chi connectivity index (χ2n) is 1.28. The molecule has 1 N–H and O–H groups in total. The van der Waals surface area contributed by atoms with Crippen LogP contribution in [-0.2, 0) is 4.74 Å². The third-order valence-electron chi connectivity index (χ3n) is 0.599. The lowest BCUT2D eigenvalue weighted by Crippen LogP contribution is -2.21. The summed E-state index contributed by atoms with van der Waals surface area (Å²) in [4.78, 5) is 0. The van der Waals surface area contributed by atoms with Gasteiger partial charge in [0.15, 0.2) is 0 Å². The molecule has 0 saturated heterocycles. The minimum absolute atomic E-state index is 0.526. The van der Waals surface area contributed by atoms with Gasteiger partial charge in [0, 0.05) is 7.11 Å². The Bertz CT molecular complexity index is 84.1. The van der Waals surface area contributed by atoms with Gasteiger partial charge in [0.05, 0.1) is 22.9 Å². The van der Waals surface area contributed by atoms with E-state index in [4.69, 9.17) is 4.74 Å². The summed E-state index contributed by atoms with van der Waals surface area (Å²) in [5, 5.41) is 2.90. The molecular weight excluding hydrogens is 219 g/mol. The van der Waals surface area contributed by atoms with Crippen molar-refractivity contribution in [2.24, 2.45) is 3.21 Å². The summed E-state index contributed by atoms with van der Waals surface area (Å²) in [6.07, 6.45) is 0. The lowest BCUT2D eigenvalue weighted by atomic mass is 10.7. The van der Waals surface area contributed by atoms with E-state index >= 15 is 0 Å². The van der Waals surface area contributed by atoms with Crippen LogP contribution >= 0.6 is 22.9 Å². The van der Waals surface area contributed by atoms with Gasteiger partial charge in [-0.1, -0.05) is 0 Å². The smallest absolute Gasteiger partial charge is 0.116 e. The van der Waals surface area contributed by atoms with Crippen molar-refractivity contribution in [1.29, 1.82) is 0 Å². The molecule has 0 atom stereocenters. The van der Waals surface area contributed by atoms with Gasteiger partial charge in [-0.2, -0.15) is 0 Å². The molecule has 0 rings (SSSR count). The van der Waals surface area contributed by atoms with Crippen LogP contribution < -0.4 is 5.32 Å². The van der Waals surface area contributed by atoms with Crippen molar-refractivity contribution in [3.63, 3.8) is 0 Å². The molecule has 8 heavy (non-hydrogen) atoms. The molecule has 0 aliphatic rings. The number of hydrogen-bond donors (Lipinski definition) is 1. The number of methoxy groups -OCH3 is 1.